The van der Waals surface area contributed by atoms with Gasteiger partial charge in [0.15, 0.2) is 5.78 Å². The van der Waals surface area contributed by atoms with Gasteiger partial charge in [0.2, 0.25) is 0 Å². The number of carbonyl (C=O) groups excluding carboxylic acids is 1. The normalized spacial score (nSPS) is 23.8. The Kier molecular flexibility index (Phi) is 4.90. The fraction of sp³-hybridized carbons (Fsp3) is 0.533. The van der Waals surface area contributed by atoms with Gasteiger partial charge in [0.1, 0.15) is 6.61 Å². The lowest BCUT2D eigenvalue weighted by molar-refractivity contribution is -0.0700. The molecule has 0 heterocycles. The van der Waals surface area contributed by atoms with Gasteiger partial charge in [-0.15, -0.1) is 0 Å². The van der Waals surface area contributed by atoms with Crippen molar-refractivity contribution in [3.63, 3.8) is 0 Å². The summed E-state index contributed by atoms with van der Waals surface area (Å²) in [5, 5.41) is 0. The second-order valence-corrected chi connectivity index (χ2v) is 4.70. The van der Waals surface area contributed by atoms with Gasteiger partial charge in [-0.3, -0.25) is 4.79 Å². The number of benzene rings is 1. The topological polar surface area (TPSA) is 35.5 Å². The molecule has 2 unspecified atom stereocenters. The lowest BCUT2D eigenvalue weighted by Gasteiger charge is -2.30. The van der Waals surface area contributed by atoms with Crippen LogP contribution in [0.25, 0.3) is 0 Å². The third-order valence-corrected chi connectivity index (χ3v) is 3.47. The molecule has 3 nitrogen and oxygen atoms in total. The van der Waals surface area contributed by atoms with Crippen LogP contribution in [0.1, 0.15) is 36.0 Å². The Bertz CT molecular complexity index is 375. The number of carbonyl (C=O) groups is 1. The van der Waals surface area contributed by atoms with Crippen LogP contribution in [0.15, 0.2) is 30.3 Å². The monoisotopic (exact) mass is 248 g/mol. The zero-order valence-electron chi connectivity index (χ0n) is 10.8. The van der Waals surface area contributed by atoms with E-state index in [1.54, 1.807) is 7.11 Å². The molecule has 0 aromatic heterocycles. The summed E-state index contributed by atoms with van der Waals surface area (Å²) < 4.78 is 11.1. The van der Waals surface area contributed by atoms with Crippen molar-refractivity contribution >= 4 is 5.78 Å². The number of ketones is 1. The highest BCUT2D eigenvalue weighted by Crippen LogP contribution is 2.23. The molecule has 1 saturated carbocycles. The average molecular weight is 248 g/mol. The van der Waals surface area contributed by atoms with Crippen LogP contribution in [-0.2, 0) is 9.47 Å². The standard InChI is InChI=1S/C15H20O3/c1-17-14-9-5-6-10-15(14)18-11-13(16)12-7-3-2-4-8-12/h2-4,7-8,14-15H,5-6,9-11H2,1H3. The van der Waals surface area contributed by atoms with Crippen molar-refractivity contribution in [2.24, 2.45) is 0 Å². The highest BCUT2D eigenvalue weighted by Gasteiger charge is 2.26. The highest BCUT2D eigenvalue weighted by atomic mass is 16.5. The molecule has 0 bridgehead atoms. The molecule has 2 atom stereocenters. The summed E-state index contributed by atoms with van der Waals surface area (Å²) in [6.07, 6.45) is 4.56. The first-order valence-corrected chi connectivity index (χ1v) is 6.54. The van der Waals surface area contributed by atoms with Crippen molar-refractivity contribution in [3.05, 3.63) is 35.9 Å². The second-order valence-electron chi connectivity index (χ2n) is 4.70. The molecule has 0 N–H and O–H groups in total. The van der Waals surface area contributed by atoms with Gasteiger partial charge in [-0.1, -0.05) is 43.2 Å². The lowest BCUT2D eigenvalue weighted by atomic mass is 9.94. The fourth-order valence-corrected chi connectivity index (χ4v) is 2.41. The van der Waals surface area contributed by atoms with E-state index in [-0.39, 0.29) is 24.6 Å². The molecule has 1 fully saturated rings. The summed E-state index contributed by atoms with van der Waals surface area (Å²) in [6, 6.07) is 9.28. The molecule has 0 aliphatic heterocycles. The van der Waals surface area contributed by atoms with Crippen molar-refractivity contribution in [2.45, 2.75) is 37.9 Å². The molecule has 3 heteroatoms. The highest BCUT2D eigenvalue weighted by molar-refractivity contribution is 5.97. The van der Waals surface area contributed by atoms with Crippen LogP contribution in [-0.4, -0.2) is 31.7 Å². The number of hydrogen-bond donors (Lipinski definition) is 0. The van der Waals surface area contributed by atoms with Gasteiger partial charge in [-0.25, -0.2) is 0 Å². The van der Waals surface area contributed by atoms with Crippen LogP contribution >= 0.6 is 0 Å². The van der Waals surface area contributed by atoms with Crippen molar-refractivity contribution in [2.75, 3.05) is 13.7 Å². The predicted octanol–water partition coefficient (Wildman–Crippen LogP) is 2.84. The zero-order chi connectivity index (χ0) is 12.8. The molecule has 0 saturated heterocycles. The predicted molar refractivity (Wildman–Crippen MR) is 69.8 cm³/mol. The molecule has 1 aromatic carbocycles. The summed E-state index contributed by atoms with van der Waals surface area (Å²) in [6.45, 7) is 0.147. The van der Waals surface area contributed by atoms with Gasteiger partial charge in [0.25, 0.3) is 0 Å². The summed E-state index contributed by atoms with van der Waals surface area (Å²) in [7, 11) is 1.71. The minimum atomic E-state index is 0.0380. The van der Waals surface area contributed by atoms with Crippen LogP contribution in [0.5, 0.6) is 0 Å². The molecule has 1 aliphatic carbocycles. The summed E-state index contributed by atoms with van der Waals surface area (Å²) in [5.41, 5.74) is 0.710. The molecule has 0 radical (unpaired) electrons. The van der Waals surface area contributed by atoms with E-state index >= 15 is 0 Å². The molecular weight excluding hydrogens is 228 g/mol. The molecule has 0 spiro atoms. The minimum Gasteiger partial charge on any atom is -0.379 e. The maximum absolute atomic E-state index is 11.9. The Morgan fingerprint density at radius 1 is 1.17 bits per heavy atom. The molecule has 2 rings (SSSR count). The van der Waals surface area contributed by atoms with Gasteiger partial charge in [0, 0.05) is 12.7 Å². The number of rotatable bonds is 5. The van der Waals surface area contributed by atoms with E-state index in [2.05, 4.69) is 0 Å². The number of ether oxygens (including phenoxy) is 2. The molecule has 18 heavy (non-hydrogen) atoms. The maximum Gasteiger partial charge on any atom is 0.188 e. The van der Waals surface area contributed by atoms with Crippen LogP contribution in [0.2, 0.25) is 0 Å². The van der Waals surface area contributed by atoms with Crippen molar-refractivity contribution < 1.29 is 14.3 Å². The average Bonchev–Trinajstić information content (AvgIpc) is 2.46. The second kappa shape index (κ2) is 6.66. The molecule has 0 amide bonds. The van der Waals surface area contributed by atoms with Crippen LogP contribution in [0, 0.1) is 0 Å². The Labute approximate surface area is 108 Å². The van der Waals surface area contributed by atoms with Gasteiger partial charge < -0.3 is 9.47 Å². The first-order chi connectivity index (χ1) is 8.81. The van der Waals surface area contributed by atoms with Gasteiger partial charge >= 0.3 is 0 Å². The Hall–Kier alpha value is -1.19. The largest absolute Gasteiger partial charge is 0.379 e. The molecule has 1 aliphatic rings. The first kappa shape index (κ1) is 13.2. The Morgan fingerprint density at radius 3 is 2.50 bits per heavy atom. The zero-order valence-corrected chi connectivity index (χ0v) is 10.8. The van der Waals surface area contributed by atoms with Crippen LogP contribution in [0.4, 0.5) is 0 Å². The number of methoxy groups -OCH3 is 1. The summed E-state index contributed by atoms with van der Waals surface area (Å²) in [4.78, 5) is 11.9. The van der Waals surface area contributed by atoms with Crippen LogP contribution in [0.3, 0.4) is 0 Å². The summed E-state index contributed by atoms with van der Waals surface area (Å²) >= 11 is 0. The Balaban J connectivity index is 1.85. The minimum absolute atomic E-state index is 0.0380. The first-order valence-electron chi connectivity index (χ1n) is 6.54. The number of Topliss-reactive ketones (excluding diaryl/α,β-unsaturated/α-hetero) is 1. The third-order valence-electron chi connectivity index (χ3n) is 3.47. The number of hydrogen-bond acceptors (Lipinski definition) is 3. The van der Waals surface area contributed by atoms with Crippen molar-refractivity contribution in [1.82, 2.24) is 0 Å². The van der Waals surface area contributed by atoms with E-state index in [0.29, 0.717) is 5.56 Å². The van der Waals surface area contributed by atoms with E-state index in [1.807, 2.05) is 30.3 Å². The van der Waals surface area contributed by atoms with Crippen molar-refractivity contribution in [1.29, 1.82) is 0 Å². The van der Waals surface area contributed by atoms with Crippen LogP contribution < -0.4 is 0 Å². The molecular formula is C15H20O3. The van der Waals surface area contributed by atoms with Gasteiger partial charge in [0.05, 0.1) is 12.2 Å². The van der Waals surface area contributed by atoms with Gasteiger partial charge in [-0.05, 0) is 12.8 Å². The summed E-state index contributed by atoms with van der Waals surface area (Å²) in [5.74, 6) is 0.0380. The maximum atomic E-state index is 11.9. The van der Waals surface area contributed by atoms with Gasteiger partial charge in [-0.2, -0.15) is 0 Å². The molecule has 1 aromatic rings. The van der Waals surface area contributed by atoms with E-state index in [4.69, 9.17) is 9.47 Å². The SMILES string of the molecule is COC1CCCCC1OCC(=O)c1ccccc1. The Morgan fingerprint density at radius 2 is 1.83 bits per heavy atom. The van der Waals surface area contributed by atoms with Crippen molar-refractivity contribution in [3.8, 4) is 0 Å². The van der Waals surface area contributed by atoms with E-state index in [0.717, 1.165) is 19.3 Å². The van der Waals surface area contributed by atoms with E-state index in [1.165, 1.54) is 6.42 Å². The molecule has 98 valence electrons. The third kappa shape index (κ3) is 3.40. The van der Waals surface area contributed by atoms with E-state index < -0.39 is 0 Å². The fourth-order valence-electron chi connectivity index (χ4n) is 2.41. The van der Waals surface area contributed by atoms with E-state index in [9.17, 15) is 4.79 Å². The quantitative estimate of drug-likeness (QED) is 0.752. The lowest BCUT2D eigenvalue weighted by Crippen LogP contribution is -2.35. The smallest absolute Gasteiger partial charge is 0.188 e.